The van der Waals surface area contributed by atoms with Crippen molar-refractivity contribution in [3.8, 4) is 11.5 Å². The number of hydrogen-bond donors (Lipinski definition) is 0. The maximum absolute atomic E-state index is 12.9. The van der Waals surface area contributed by atoms with Crippen LogP contribution >= 0.6 is 0 Å². The molecule has 2 aliphatic rings. The predicted octanol–water partition coefficient (Wildman–Crippen LogP) is 4.46. The van der Waals surface area contributed by atoms with Gasteiger partial charge in [-0.1, -0.05) is 26.0 Å². The van der Waals surface area contributed by atoms with Gasteiger partial charge in [-0.05, 0) is 35.7 Å². The number of Topliss-reactive ketones (excluding diaryl/α,β-unsaturated/α-hetero) is 1. The number of benzene rings is 2. The Morgan fingerprint density at radius 2 is 1.79 bits per heavy atom. The molecule has 2 heterocycles. The first-order valence-electron chi connectivity index (χ1n) is 10.2. The fourth-order valence-electron chi connectivity index (χ4n) is 4.19. The Morgan fingerprint density at radius 1 is 1.10 bits per heavy atom. The van der Waals surface area contributed by atoms with E-state index in [2.05, 4.69) is 13.8 Å². The molecule has 1 fully saturated rings. The van der Waals surface area contributed by atoms with Gasteiger partial charge in [-0.15, -0.1) is 0 Å². The van der Waals surface area contributed by atoms with E-state index in [0.29, 0.717) is 60.9 Å². The molecule has 2 aromatic rings. The Kier molecular flexibility index (Phi) is 5.07. The highest BCUT2D eigenvalue weighted by Gasteiger charge is 2.43. The second-order valence-corrected chi connectivity index (χ2v) is 8.32. The molecule has 2 aromatic carbocycles. The van der Waals surface area contributed by atoms with E-state index in [1.165, 1.54) is 5.56 Å². The maximum Gasteiger partial charge on any atom is 0.253 e. The fraction of sp³-hybridized carbons (Fsp3) is 0.417. The molecule has 2 aliphatic heterocycles. The van der Waals surface area contributed by atoms with Crippen LogP contribution in [-0.4, -0.2) is 42.4 Å². The molecular weight excluding hydrogens is 366 g/mol. The van der Waals surface area contributed by atoms with Crippen LogP contribution in [0.25, 0.3) is 0 Å². The molecule has 0 N–H and O–H groups in total. The number of ether oxygens (including phenoxy) is 2. The highest BCUT2D eigenvalue weighted by atomic mass is 16.5. The van der Waals surface area contributed by atoms with Crippen molar-refractivity contribution in [3.05, 3.63) is 59.2 Å². The maximum atomic E-state index is 12.9. The first-order valence-corrected chi connectivity index (χ1v) is 10.2. The van der Waals surface area contributed by atoms with E-state index in [-0.39, 0.29) is 11.7 Å². The van der Waals surface area contributed by atoms with Crippen molar-refractivity contribution < 1.29 is 19.1 Å². The van der Waals surface area contributed by atoms with Crippen molar-refractivity contribution >= 4 is 11.7 Å². The number of ketones is 1. The molecule has 0 saturated carbocycles. The van der Waals surface area contributed by atoms with Crippen LogP contribution in [0.5, 0.6) is 11.5 Å². The zero-order valence-corrected chi connectivity index (χ0v) is 17.2. The molecule has 5 heteroatoms. The Morgan fingerprint density at radius 3 is 2.41 bits per heavy atom. The van der Waals surface area contributed by atoms with Crippen molar-refractivity contribution in [1.82, 2.24) is 4.90 Å². The number of likely N-dealkylation sites (tertiary alicyclic amines) is 1. The van der Waals surface area contributed by atoms with Gasteiger partial charge in [-0.25, -0.2) is 0 Å². The second-order valence-electron chi connectivity index (χ2n) is 8.32. The minimum absolute atomic E-state index is 0.0411. The Hall–Kier alpha value is -2.82. The van der Waals surface area contributed by atoms with E-state index in [9.17, 15) is 9.59 Å². The molecule has 0 radical (unpaired) electrons. The molecule has 1 spiro atoms. The van der Waals surface area contributed by atoms with Crippen molar-refractivity contribution in [1.29, 1.82) is 0 Å². The minimum atomic E-state index is -0.533. The van der Waals surface area contributed by atoms with Crippen LogP contribution in [0.2, 0.25) is 0 Å². The van der Waals surface area contributed by atoms with Crippen LogP contribution in [0.3, 0.4) is 0 Å². The van der Waals surface area contributed by atoms with Gasteiger partial charge in [0.1, 0.15) is 17.1 Å². The first-order chi connectivity index (χ1) is 13.9. The van der Waals surface area contributed by atoms with Crippen molar-refractivity contribution in [2.75, 3.05) is 20.2 Å². The van der Waals surface area contributed by atoms with Crippen LogP contribution in [-0.2, 0) is 0 Å². The van der Waals surface area contributed by atoms with Crippen molar-refractivity contribution in [2.24, 2.45) is 0 Å². The number of fused-ring (bicyclic) bond motifs is 1. The Bertz CT molecular complexity index is 924. The van der Waals surface area contributed by atoms with Gasteiger partial charge in [0.25, 0.3) is 5.91 Å². The lowest BCUT2D eigenvalue weighted by Gasteiger charge is -2.44. The molecule has 0 atom stereocenters. The normalized spacial score (nSPS) is 17.8. The number of carbonyl (C=O) groups is 2. The molecule has 4 rings (SSSR count). The van der Waals surface area contributed by atoms with E-state index in [1.54, 1.807) is 25.3 Å². The third-order valence-corrected chi connectivity index (χ3v) is 6.08. The molecule has 0 unspecified atom stereocenters. The summed E-state index contributed by atoms with van der Waals surface area (Å²) in [6.07, 6.45) is 1.65. The Labute approximate surface area is 171 Å². The van der Waals surface area contributed by atoms with Gasteiger partial charge >= 0.3 is 0 Å². The molecule has 29 heavy (non-hydrogen) atoms. The summed E-state index contributed by atoms with van der Waals surface area (Å²) in [5.74, 6) is 1.84. The van der Waals surface area contributed by atoms with Gasteiger partial charge in [-0.3, -0.25) is 9.59 Å². The number of piperidine rings is 1. The molecule has 0 bridgehead atoms. The van der Waals surface area contributed by atoms with E-state index in [4.69, 9.17) is 9.47 Å². The summed E-state index contributed by atoms with van der Waals surface area (Å²) in [6, 6.07) is 13.2. The molecule has 152 valence electrons. The third kappa shape index (κ3) is 3.74. The van der Waals surface area contributed by atoms with Gasteiger partial charge in [0.05, 0.1) is 19.1 Å². The van der Waals surface area contributed by atoms with Crippen molar-refractivity contribution in [2.45, 2.75) is 44.6 Å². The van der Waals surface area contributed by atoms with Gasteiger partial charge in [-0.2, -0.15) is 0 Å². The van der Waals surface area contributed by atoms with Gasteiger partial charge in [0, 0.05) is 37.6 Å². The molecular formula is C24H27NO4. The first kappa shape index (κ1) is 19.5. The number of hydrogen-bond acceptors (Lipinski definition) is 4. The number of nitrogens with zero attached hydrogens (tertiary/aromatic N) is 1. The lowest BCUT2D eigenvalue weighted by Crippen LogP contribution is -2.52. The summed E-state index contributed by atoms with van der Waals surface area (Å²) in [5.41, 5.74) is 2.01. The van der Waals surface area contributed by atoms with Crippen LogP contribution in [0.15, 0.2) is 42.5 Å². The fourth-order valence-corrected chi connectivity index (χ4v) is 4.19. The lowest BCUT2D eigenvalue weighted by atomic mass is 9.82. The van der Waals surface area contributed by atoms with Crippen LogP contribution in [0.4, 0.5) is 0 Å². The zero-order valence-electron chi connectivity index (χ0n) is 17.2. The van der Waals surface area contributed by atoms with Gasteiger partial charge in [0.15, 0.2) is 5.78 Å². The molecule has 0 aliphatic carbocycles. The van der Waals surface area contributed by atoms with E-state index in [1.807, 2.05) is 29.2 Å². The average molecular weight is 393 g/mol. The summed E-state index contributed by atoms with van der Waals surface area (Å²) in [5, 5.41) is 0. The standard InChI is InChI=1S/C24H27NO4/c1-16(2)17-4-6-18(7-5-17)23(27)25-12-10-24(11-13-25)15-21(26)20-9-8-19(28-3)14-22(20)29-24/h4-9,14,16H,10-13,15H2,1-3H3. The number of methoxy groups -OCH3 is 1. The van der Waals surface area contributed by atoms with Crippen molar-refractivity contribution in [3.63, 3.8) is 0 Å². The number of amides is 1. The minimum Gasteiger partial charge on any atom is -0.497 e. The topological polar surface area (TPSA) is 55.8 Å². The summed E-state index contributed by atoms with van der Waals surface area (Å²) in [4.78, 5) is 27.4. The monoisotopic (exact) mass is 393 g/mol. The van der Waals surface area contributed by atoms with E-state index < -0.39 is 5.60 Å². The lowest BCUT2D eigenvalue weighted by molar-refractivity contribution is -0.00581. The van der Waals surface area contributed by atoms with Crippen LogP contribution in [0.1, 0.15) is 65.3 Å². The molecule has 1 saturated heterocycles. The van der Waals surface area contributed by atoms with Crippen LogP contribution in [0, 0.1) is 0 Å². The quantitative estimate of drug-likeness (QED) is 0.773. The number of carbonyl (C=O) groups excluding carboxylic acids is 2. The SMILES string of the molecule is COc1ccc2c(c1)OC1(CCN(C(=O)c3ccc(C(C)C)cc3)CC1)CC2=O. The Balaban J connectivity index is 1.46. The summed E-state index contributed by atoms with van der Waals surface area (Å²) >= 11 is 0. The van der Waals surface area contributed by atoms with Gasteiger partial charge < -0.3 is 14.4 Å². The highest BCUT2D eigenvalue weighted by molar-refractivity contribution is 6.00. The molecule has 5 nitrogen and oxygen atoms in total. The third-order valence-electron chi connectivity index (χ3n) is 6.08. The highest BCUT2D eigenvalue weighted by Crippen LogP contribution is 2.41. The van der Waals surface area contributed by atoms with Gasteiger partial charge in [0.2, 0.25) is 0 Å². The smallest absolute Gasteiger partial charge is 0.253 e. The largest absolute Gasteiger partial charge is 0.497 e. The number of rotatable bonds is 3. The van der Waals surface area contributed by atoms with Crippen LogP contribution < -0.4 is 9.47 Å². The zero-order chi connectivity index (χ0) is 20.6. The van der Waals surface area contributed by atoms with E-state index >= 15 is 0 Å². The second kappa shape index (κ2) is 7.54. The average Bonchev–Trinajstić information content (AvgIpc) is 2.73. The summed E-state index contributed by atoms with van der Waals surface area (Å²) in [7, 11) is 1.60. The molecule has 0 aromatic heterocycles. The molecule has 1 amide bonds. The predicted molar refractivity (Wildman–Crippen MR) is 111 cm³/mol. The van der Waals surface area contributed by atoms with E-state index in [0.717, 1.165) is 0 Å². The summed E-state index contributed by atoms with van der Waals surface area (Å²) < 4.78 is 11.6. The summed E-state index contributed by atoms with van der Waals surface area (Å²) in [6.45, 7) is 5.44.